The second-order valence-corrected chi connectivity index (χ2v) is 13.8. The summed E-state index contributed by atoms with van der Waals surface area (Å²) in [6, 6.07) is 78.9. The van der Waals surface area contributed by atoms with E-state index in [1.165, 1.54) is 60.4 Å². The van der Waals surface area contributed by atoms with Gasteiger partial charge in [0, 0.05) is 33.2 Å². The van der Waals surface area contributed by atoms with Crippen LogP contribution in [-0.2, 0) is 0 Å². The van der Waals surface area contributed by atoms with Crippen molar-refractivity contribution in [2.45, 2.75) is 0 Å². The minimum absolute atomic E-state index is 1.10. The van der Waals surface area contributed by atoms with Gasteiger partial charge in [0.05, 0.1) is 16.7 Å². The van der Waals surface area contributed by atoms with Crippen LogP contribution in [0.3, 0.4) is 0 Å². The summed E-state index contributed by atoms with van der Waals surface area (Å²) in [5, 5.41) is 4.94. The maximum absolute atomic E-state index is 2.40. The second kappa shape index (κ2) is 13.4. The van der Waals surface area contributed by atoms with Gasteiger partial charge in [-0.1, -0.05) is 158 Å². The molecule has 0 aliphatic carbocycles. The topological polar surface area (TPSA) is 8.17 Å². The molecule has 0 saturated carbocycles. The maximum atomic E-state index is 2.40. The van der Waals surface area contributed by atoms with Crippen molar-refractivity contribution in [3.63, 3.8) is 0 Å². The van der Waals surface area contributed by atoms with Crippen LogP contribution in [0.25, 0.3) is 71.6 Å². The van der Waals surface area contributed by atoms with Crippen LogP contribution in [0.2, 0.25) is 0 Å². The number of fused-ring (bicyclic) bond motifs is 4. The van der Waals surface area contributed by atoms with Gasteiger partial charge < -0.3 is 9.47 Å². The van der Waals surface area contributed by atoms with Crippen molar-refractivity contribution in [2.24, 2.45) is 0 Å². The minimum atomic E-state index is 1.10. The van der Waals surface area contributed by atoms with E-state index in [2.05, 4.69) is 228 Å². The first-order valence-corrected chi connectivity index (χ1v) is 18.5. The Balaban J connectivity index is 1.12. The van der Waals surface area contributed by atoms with Crippen LogP contribution in [0, 0.1) is 0 Å². The molecule has 10 aromatic rings. The van der Waals surface area contributed by atoms with Gasteiger partial charge in [-0.15, -0.1) is 0 Å². The highest BCUT2D eigenvalue weighted by Gasteiger charge is 2.19. The molecular weight excluding hydrogens is 653 g/mol. The lowest BCUT2D eigenvalue weighted by Gasteiger charge is -2.28. The summed E-state index contributed by atoms with van der Waals surface area (Å²) in [5.41, 5.74) is 14.1. The highest BCUT2D eigenvalue weighted by Crippen LogP contribution is 2.43. The van der Waals surface area contributed by atoms with E-state index in [-0.39, 0.29) is 0 Å². The van der Waals surface area contributed by atoms with Gasteiger partial charge in [0.2, 0.25) is 0 Å². The molecule has 10 rings (SSSR count). The molecule has 0 fully saturated rings. The van der Waals surface area contributed by atoms with E-state index in [1.54, 1.807) is 0 Å². The summed E-state index contributed by atoms with van der Waals surface area (Å²) in [6.45, 7) is 0. The molecule has 254 valence electrons. The third-order valence-electron chi connectivity index (χ3n) is 10.5. The second-order valence-electron chi connectivity index (χ2n) is 13.8. The molecular formula is C52H36N2. The molecule has 0 spiro atoms. The van der Waals surface area contributed by atoms with Gasteiger partial charge in [-0.25, -0.2) is 0 Å². The molecule has 0 radical (unpaired) electrons. The van der Waals surface area contributed by atoms with Gasteiger partial charge in [-0.3, -0.25) is 0 Å². The Morgan fingerprint density at radius 1 is 0.333 bits per heavy atom. The van der Waals surface area contributed by atoms with Gasteiger partial charge in [0.1, 0.15) is 0 Å². The van der Waals surface area contributed by atoms with Crippen LogP contribution >= 0.6 is 0 Å². The van der Waals surface area contributed by atoms with Crippen LogP contribution in [0.5, 0.6) is 0 Å². The van der Waals surface area contributed by atoms with Crippen LogP contribution in [0.4, 0.5) is 17.1 Å². The lowest BCUT2D eigenvalue weighted by molar-refractivity contribution is 1.18. The zero-order chi connectivity index (χ0) is 35.8. The Hall–Kier alpha value is -7.16. The summed E-state index contributed by atoms with van der Waals surface area (Å²) >= 11 is 0. The Bertz CT molecular complexity index is 2930. The standard InChI is InChI=1S/C52H36N2/c1-3-16-37(17-4-1)40-21-12-26-44(35-40)53(49-32-14-19-38-18-7-8-28-46(38)49)45-27-13-22-41(36-45)39-20-11-23-42(34-39)47-30-15-33-51-52(47)48-29-9-10-31-50(48)54(51)43-24-5-2-6-25-43/h1-36H. The summed E-state index contributed by atoms with van der Waals surface area (Å²) in [4.78, 5) is 2.40. The van der Waals surface area contributed by atoms with Crippen molar-refractivity contribution in [1.82, 2.24) is 4.57 Å². The molecule has 0 unspecified atom stereocenters. The summed E-state index contributed by atoms with van der Waals surface area (Å²) < 4.78 is 2.39. The van der Waals surface area contributed by atoms with Crippen molar-refractivity contribution >= 4 is 49.6 Å². The van der Waals surface area contributed by atoms with Crippen molar-refractivity contribution in [1.29, 1.82) is 0 Å². The molecule has 0 N–H and O–H groups in total. The van der Waals surface area contributed by atoms with Crippen molar-refractivity contribution < 1.29 is 0 Å². The monoisotopic (exact) mass is 688 g/mol. The number of benzene rings is 9. The highest BCUT2D eigenvalue weighted by atomic mass is 15.1. The lowest BCUT2D eigenvalue weighted by Crippen LogP contribution is -2.10. The molecule has 0 aliphatic heterocycles. The molecule has 0 bridgehead atoms. The summed E-state index contributed by atoms with van der Waals surface area (Å²) in [5.74, 6) is 0. The van der Waals surface area contributed by atoms with E-state index in [1.807, 2.05) is 0 Å². The molecule has 54 heavy (non-hydrogen) atoms. The van der Waals surface area contributed by atoms with Crippen molar-refractivity contribution in [3.05, 3.63) is 218 Å². The van der Waals surface area contributed by atoms with Crippen LogP contribution in [-0.4, -0.2) is 4.57 Å². The normalized spacial score (nSPS) is 11.3. The first kappa shape index (κ1) is 31.6. The highest BCUT2D eigenvalue weighted by molar-refractivity contribution is 6.16. The van der Waals surface area contributed by atoms with E-state index in [0.717, 1.165) is 28.3 Å². The average molecular weight is 689 g/mol. The lowest BCUT2D eigenvalue weighted by atomic mass is 9.95. The molecule has 0 atom stereocenters. The number of hydrogen-bond acceptors (Lipinski definition) is 1. The zero-order valence-corrected chi connectivity index (χ0v) is 29.7. The fourth-order valence-electron chi connectivity index (χ4n) is 8.09. The summed E-state index contributed by atoms with van der Waals surface area (Å²) in [7, 11) is 0. The third kappa shape index (κ3) is 5.53. The predicted octanol–water partition coefficient (Wildman–Crippen LogP) is 14.4. The zero-order valence-electron chi connectivity index (χ0n) is 29.7. The number of nitrogens with zero attached hydrogens (tertiary/aromatic N) is 2. The maximum Gasteiger partial charge on any atom is 0.0547 e. The Morgan fingerprint density at radius 2 is 0.852 bits per heavy atom. The van der Waals surface area contributed by atoms with Crippen LogP contribution in [0.1, 0.15) is 0 Å². The fourth-order valence-corrected chi connectivity index (χ4v) is 8.09. The van der Waals surface area contributed by atoms with Crippen LogP contribution in [0.15, 0.2) is 218 Å². The molecule has 1 aromatic heterocycles. The van der Waals surface area contributed by atoms with Gasteiger partial charge in [0.15, 0.2) is 0 Å². The van der Waals surface area contributed by atoms with Gasteiger partial charge in [-0.05, 0) is 99.4 Å². The minimum Gasteiger partial charge on any atom is -0.310 e. The van der Waals surface area contributed by atoms with Crippen LogP contribution < -0.4 is 4.90 Å². The Kier molecular flexibility index (Phi) is 7.85. The van der Waals surface area contributed by atoms with E-state index >= 15 is 0 Å². The summed E-state index contributed by atoms with van der Waals surface area (Å²) in [6.07, 6.45) is 0. The molecule has 0 amide bonds. The van der Waals surface area contributed by atoms with E-state index in [4.69, 9.17) is 0 Å². The number of para-hydroxylation sites is 2. The first-order valence-electron chi connectivity index (χ1n) is 18.5. The Morgan fingerprint density at radius 3 is 1.63 bits per heavy atom. The number of rotatable bonds is 7. The molecule has 0 saturated heterocycles. The average Bonchev–Trinajstić information content (AvgIpc) is 3.59. The largest absolute Gasteiger partial charge is 0.310 e. The first-order chi connectivity index (χ1) is 26.8. The SMILES string of the molecule is c1ccc(-c2cccc(N(c3cccc(-c4cccc(-c5cccc6c5c5ccccc5n6-c5ccccc5)c4)c3)c3cccc4ccccc34)c2)cc1. The number of hydrogen-bond donors (Lipinski definition) is 0. The molecule has 2 nitrogen and oxygen atoms in total. The number of aromatic nitrogens is 1. The molecule has 2 heteroatoms. The third-order valence-corrected chi connectivity index (χ3v) is 10.5. The van der Waals surface area contributed by atoms with Gasteiger partial charge >= 0.3 is 0 Å². The van der Waals surface area contributed by atoms with Crippen molar-refractivity contribution in [2.75, 3.05) is 4.90 Å². The molecule has 0 aliphatic rings. The van der Waals surface area contributed by atoms with Crippen molar-refractivity contribution in [3.8, 4) is 39.1 Å². The van der Waals surface area contributed by atoms with Gasteiger partial charge in [-0.2, -0.15) is 0 Å². The van der Waals surface area contributed by atoms with E-state index in [0.29, 0.717) is 0 Å². The van der Waals surface area contributed by atoms with E-state index in [9.17, 15) is 0 Å². The number of anilines is 3. The van der Waals surface area contributed by atoms with Gasteiger partial charge in [0.25, 0.3) is 0 Å². The van der Waals surface area contributed by atoms with E-state index < -0.39 is 0 Å². The molecule has 9 aromatic carbocycles. The quantitative estimate of drug-likeness (QED) is 0.162. The predicted molar refractivity (Wildman–Crippen MR) is 229 cm³/mol. The smallest absolute Gasteiger partial charge is 0.0547 e. The Labute approximate surface area is 315 Å². The molecule has 1 heterocycles. The fraction of sp³-hybridized carbons (Fsp3) is 0.